The summed E-state index contributed by atoms with van der Waals surface area (Å²) in [7, 11) is 0. The number of para-hydroxylation sites is 2. The largest absolute Gasteiger partial charge is 0.309 e. The van der Waals surface area contributed by atoms with Crippen LogP contribution in [0.3, 0.4) is 0 Å². The molecule has 4 nitrogen and oxygen atoms in total. The Morgan fingerprint density at radius 1 is 0.875 bits per heavy atom. The van der Waals surface area contributed by atoms with E-state index in [0.717, 1.165) is 35.3 Å². The zero-order valence-electron chi connectivity index (χ0n) is 18.4. The molecule has 0 saturated heterocycles. The molecule has 0 unspecified atom stereocenters. The standard InChI is InChI=1S/C28H28N2O2/c1-20-18-26(30(28(32)22-16-17-22)23-12-6-3-7-13-23)24-14-8-9-15-25(24)29(20)27(31)19-21-10-4-2-5-11-21/h2-15,20,22,26H,16-19H2,1H3/t20-,26+/m1/s1. The number of nitrogens with zero attached hydrogens (tertiary/aromatic N) is 2. The van der Waals surface area contributed by atoms with Gasteiger partial charge in [-0.05, 0) is 55.5 Å². The Morgan fingerprint density at radius 3 is 2.19 bits per heavy atom. The minimum Gasteiger partial charge on any atom is -0.309 e. The van der Waals surface area contributed by atoms with Crippen molar-refractivity contribution in [3.05, 3.63) is 96.1 Å². The maximum absolute atomic E-state index is 13.4. The van der Waals surface area contributed by atoms with E-state index in [-0.39, 0.29) is 29.8 Å². The molecule has 32 heavy (non-hydrogen) atoms. The summed E-state index contributed by atoms with van der Waals surface area (Å²) in [5, 5.41) is 0. The first-order valence-electron chi connectivity index (χ1n) is 11.5. The summed E-state index contributed by atoms with van der Waals surface area (Å²) >= 11 is 0. The van der Waals surface area contributed by atoms with Gasteiger partial charge in [0, 0.05) is 23.3 Å². The molecule has 0 radical (unpaired) electrons. The van der Waals surface area contributed by atoms with E-state index in [9.17, 15) is 9.59 Å². The number of amides is 2. The third-order valence-corrected chi connectivity index (χ3v) is 6.54. The number of benzene rings is 3. The topological polar surface area (TPSA) is 40.6 Å². The fraction of sp³-hybridized carbons (Fsp3) is 0.286. The molecule has 1 saturated carbocycles. The average molecular weight is 425 g/mol. The fourth-order valence-electron chi connectivity index (χ4n) is 4.84. The second kappa shape index (κ2) is 8.62. The Balaban J connectivity index is 1.52. The Bertz CT molecular complexity index is 1110. The lowest BCUT2D eigenvalue weighted by Gasteiger charge is -2.43. The highest BCUT2D eigenvalue weighted by Crippen LogP contribution is 2.44. The van der Waals surface area contributed by atoms with E-state index in [1.165, 1.54) is 0 Å². The number of carbonyl (C=O) groups is 2. The third-order valence-electron chi connectivity index (χ3n) is 6.54. The smallest absolute Gasteiger partial charge is 0.231 e. The number of rotatable bonds is 5. The van der Waals surface area contributed by atoms with Gasteiger partial charge in [-0.25, -0.2) is 0 Å². The van der Waals surface area contributed by atoms with Crippen molar-refractivity contribution in [1.82, 2.24) is 0 Å². The molecule has 5 rings (SSSR count). The van der Waals surface area contributed by atoms with Crippen LogP contribution in [0.25, 0.3) is 0 Å². The predicted molar refractivity (Wildman–Crippen MR) is 128 cm³/mol. The number of fused-ring (bicyclic) bond motifs is 1. The molecule has 0 aromatic heterocycles. The lowest BCUT2D eigenvalue weighted by Crippen LogP contribution is -2.48. The average Bonchev–Trinajstić information content (AvgIpc) is 3.66. The van der Waals surface area contributed by atoms with Gasteiger partial charge >= 0.3 is 0 Å². The van der Waals surface area contributed by atoms with Crippen LogP contribution >= 0.6 is 0 Å². The van der Waals surface area contributed by atoms with Crippen LogP contribution in [0.1, 0.15) is 43.4 Å². The highest BCUT2D eigenvalue weighted by Gasteiger charge is 2.42. The lowest BCUT2D eigenvalue weighted by atomic mass is 9.89. The molecule has 1 aliphatic carbocycles. The minimum atomic E-state index is -0.0857. The second-order valence-electron chi connectivity index (χ2n) is 8.90. The fourth-order valence-corrected chi connectivity index (χ4v) is 4.84. The summed E-state index contributed by atoms with van der Waals surface area (Å²) in [6.45, 7) is 2.09. The van der Waals surface area contributed by atoms with Gasteiger partial charge in [0.2, 0.25) is 11.8 Å². The van der Waals surface area contributed by atoms with Gasteiger partial charge in [0.15, 0.2) is 0 Å². The Kier molecular flexibility index (Phi) is 5.52. The zero-order valence-corrected chi connectivity index (χ0v) is 18.4. The van der Waals surface area contributed by atoms with Crippen molar-refractivity contribution in [3.8, 4) is 0 Å². The van der Waals surface area contributed by atoms with E-state index in [0.29, 0.717) is 12.8 Å². The SMILES string of the molecule is C[C@@H]1C[C@H](N(C(=O)C2CC2)c2ccccc2)c2ccccc2N1C(=O)Cc1ccccc1. The van der Waals surface area contributed by atoms with Gasteiger partial charge in [-0.1, -0.05) is 66.7 Å². The van der Waals surface area contributed by atoms with Crippen molar-refractivity contribution in [1.29, 1.82) is 0 Å². The number of carbonyl (C=O) groups excluding carboxylic acids is 2. The predicted octanol–water partition coefficient (Wildman–Crippen LogP) is 5.54. The van der Waals surface area contributed by atoms with E-state index in [1.54, 1.807) is 0 Å². The molecule has 0 N–H and O–H groups in total. The molecule has 1 fully saturated rings. The quantitative estimate of drug-likeness (QED) is 0.540. The van der Waals surface area contributed by atoms with Crippen molar-refractivity contribution >= 4 is 23.2 Å². The molecule has 1 aliphatic heterocycles. The molecule has 1 heterocycles. The first-order chi connectivity index (χ1) is 15.6. The van der Waals surface area contributed by atoms with E-state index in [2.05, 4.69) is 13.0 Å². The molecule has 0 spiro atoms. The van der Waals surface area contributed by atoms with Crippen LogP contribution in [0.2, 0.25) is 0 Å². The third kappa shape index (κ3) is 3.93. The van der Waals surface area contributed by atoms with Gasteiger partial charge in [-0.3, -0.25) is 9.59 Å². The molecular formula is C28H28N2O2. The number of hydrogen-bond donors (Lipinski definition) is 0. The van der Waals surface area contributed by atoms with Crippen molar-refractivity contribution in [2.75, 3.05) is 9.80 Å². The van der Waals surface area contributed by atoms with E-state index < -0.39 is 0 Å². The Hall–Kier alpha value is -3.40. The first kappa shape index (κ1) is 20.5. The number of hydrogen-bond acceptors (Lipinski definition) is 2. The molecule has 4 heteroatoms. The van der Waals surface area contributed by atoms with Gasteiger partial charge < -0.3 is 9.80 Å². The van der Waals surface area contributed by atoms with Gasteiger partial charge in [-0.15, -0.1) is 0 Å². The van der Waals surface area contributed by atoms with Crippen LogP contribution in [-0.4, -0.2) is 17.9 Å². The van der Waals surface area contributed by atoms with Crippen LogP contribution in [0.15, 0.2) is 84.9 Å². The zero-order chi connectivity index (χ0) is 22.1. The van der Waals surface area contributed by atoms with Crippen LogP contribution in [0.4, 0.5) is 11.4 Å². The lowest BCUT2D eigenvalue weighted by molar-refractivity contribution is -0.120. The van der Waals surface area contributed by atoms with E-state index >= 15 is 0 Å². The number of anilines is 2. The molecule has 3 aromatic rings. The Morgan fingerprint density at radius 2 is 1.50 bits per heavy atom. The van der Waals surface area contributed by atoms with Crippen molar-refractivity contribution < 1.29 is 9.59 Å². The maximum Gasteiger partial charge on any atom is 0.231 e. The van der Waals surface area contributed by atoms with E-state index in [4.69, 9.17) is 0 Å². The van der Waals surface area contributed by atoms with E-state index in [1.807, 2.05) is 88.7 Å². The minimum absolute atomic E-state index is 0.00988. The highest BCUT2D eigenvalue weighted by atomic mass is 16.2. The highest BCUT2D eigenvalue weighted by molar-refractivity contribution is 6.00. The van der Waals surface area contributed by atoms with Gasteiger partial charge in [0.1, 0.15) is 0 Å². The molecule has 2 atom stereocenters. The molecule has 2 aliphatic rings. The summed E-state index contributed by atoms with van der Waals surface area (Å²) in [5.74, 6) is 0.414. The van der Waals surface area contributed by atoms with Gasteiger partial charge in [0.25, 0.3) is 0 Å². The van der Waals surface area contributed by atoms with Crippen molar-refractivity contribution in [2.45, 2.75) is 44.7 Å². The van der Waals surface area contributed by atoms with Crippen molar-refractivity contribution in [3.63, 3.8) is 0 Å². The Labute approximate surface area is 189 Å². The van der Waals surface area contributed by atoms with Crippen LogP contribution in [0, 0.1) is 5.92 Å². The first-order valence-corrected chi connectivity index (χ1v) is 11.5. The van der Waals surface area contributed by atoms with Gasteiger partial charge in [-0.2, -0.15) is 0 Å². The molecule has 3 aromatic carbocycles. The normalized spacial score (nSPS) is 19.8. The molecule has 0 bridgehead atoms. The van der Waals surface area contributed by atoms with Crippen molar-refractivity contribution in [2.24, 2.45) is 5.92 Å². The molecule has 162 valence electrons. The summed E-state index contributed by atoms with van der Waals surface area (Å²) in [6, 6.07) is 27.8. The summed E-state index contributed by atoms with van der Waals surface area (Å²) < 4.78 is 0. The summed E-state index contributed by atoms with van der Waals surface area (Å²) in [4.78, 5) is 30.7. The molecular weight excluding hydrogens is 396 g/mol. The monoisotopic (exact) mass is 424 g/mol. The summed E-state index contributed by atoms with van der Waals surface area (Å²) in [6.07, 6.45) is 3.01. The van der Waals surface area contributed by atoms with Crippen LogP contribution < -0.4 is 9.80 Å². The second-order valence-corrected chi connectivity index (χ2v) is 8.90. The summed E-state index contributed by atoms with van der Waals surface area (Å²) in [5.41, 5.74) is 3.91. The van der Waals surface area contributed by atoms with Gasteiger partial charge in [0.05, 0.1) is 12.5 Å². The van der Waals surface area contributed by atoms with Crippen LogP contribution in [0.5, 0.6) is 0 Å². The molecule has 2 amide bonds. The van der Waals surface area contributed by atoms with Crippen LogP contribution in [-0.2, 0) is 16.0 Å². The maximum atomic E-state index is 13.4.